The van der Waals surface area contributed by atoms with Crippen molar-refractivity contribution in [1.82, 2.24) is 4.98 Å². The predicted octanol–water partition coefficient (Wildman–Crippen LogP) is 3.52. The van der Waals surface area contributed by atoms with Crippen LogP contribution < -0.4 is 10.6 Å². The first kappa shape index (κ1) is 14.0. The first-order valence-electron chi connectivity index (χ1n) is 6.26. The largest absolute Gasteiger partial charge is 0.393 e. The van der Waals surface area contributed by atoms with Crippen LogP contribution in [-0.4, -0.2) is 16.5 Å². The summed E-state index contributed by atoms with van der Waals surface area (Å²) in [4.78, 5) is 7.35. The number of aryl methyl sites for hydroxylation is 1. The fourth-order valence-corrected chi connectivity index (χ4v) is 2.79. The Kier molecular flexibility index (Phi) is 4.87. The number of hydrogen-bond donors (Lipinski definition) is 1. The lowest BCUT2D eigenvalue weighted by atomic mass is 10.3. The second-order valence-corrected chi connectivity index (χ2v) is 5.54. The fraction of sp³-hybridized carbons (Fsp3) is 0.286. The highest BCUT2D eigenvalue weighted by molar-refractivity contribution is 7.80. The van der Waals surface area contributed by atoms with E-state index >= 15 is 0 Å². The van der Waals surface area contributed by atoms with Gasteiger partial charge in [0.15, 0.2) is 5.13 Å². The van der Waals surface area contributed by atoms with Crippen LogP contribution in [0.2, 0.25) is 0 Å². The summed E-state index contributed by atoms with van der Waals surface area (Å²) in [6, 6.07) is 10.2. The zero-order chi connectivity index (χ0) is 13.7. The highest BCUT2D eigenvalue weighted by Gasteiger charge is 2.13. The number of benzene rings is 1. The molecule has 2 rings (SSSR count). The van der Waals surface area contributed by atoms with E-state index in [2.05, 4.69) is 34.3 Å². The molecule has 5 heteroatoms. The minimum absolute atomic E-state index is 0.535. The van der Waals surface area contributed by atoms with E-state index in [9.17, 15) is 0 Å². The Morgan fingerprint density at radius 1 is 1.37 bits per heavy atom. The second kappa shape index (κ2) is 6.63. The zero-order valence-corrected chi connectivity index (χ0v) is 12.5. The summed E-state index contributed by atoms with van der Waals surface area (Å²) in [5, 5.41) is 3.10. The fourth-order valence-electron chi connectivity index (χ4n) is 1.75. The van der Waals surface area contributed by atoms with Crippen molar-refractivity contribution in [2.45, 2.75) is 19.8 Å². The zero-order valence-electron chi connectivity index (χ0n) is 10.9. The standard InChI is InChI=1S/C14H17N3S2/c1-2-11-10-19-14(16-11)17(9-8-13(15)18)12-6-4-3-5-7-12/h3-7,10H,2,8-9H2,1H3,(H2,15,18). The molecule has 0 bridgehead atoms. The van der Waals surface area contributed by atoms with Crippen LogP contribution in [0.3, 0.4) is 0 Å². The summed E-state index contributed by atoms with van der Waals surface area (Å²) < 4.78 is 0. The molecule has 0 atom stereocenters. The molecule has 1 aromatic heterocycles. The summed E-state index contributed by atoms with van der Waals surface area (Å²) in [5.41, 5.74) is 7.86. The van der Waals surface area contributed by atoms with Gasteiger partial charge in [-0.2, -0.15) is 0 Å². The van der Waals surface area contributed by atoms with Crippen LogP contribution in [0.25, 0.3) is 0 Å². The smallest absolute Gasteiger partial charge is 0.190 e. The van der Waals surface area contributed by atoms with Crippen molar-refractivity contribution in [2.24, 2.45) is 5.73 Å². The van der Waals surface area contributed by atoms with E-state index in [4.69, 9.17) is 18.0 Å². The van der Waals surface area contributed by atoms with Crippen LogP contribution in [0.4, 0.5) is 10.8 Å². The molecule has 3 nitrogen and oxygen atoms in total. The van der Waals surface area contributed by atoms with Crippen molar-refractivity contribution in [2.75, 3.05) is 11.4 Å². The number of hydrogen-bond acceptors (Lipinski definition) is 4. The van der Waals surface area contributed by atoms with E-state index in [0.717, 1.165) is 29.5 Å². The Morgan fingerprint density at radius 2 is 2.11 bits per heavy atom. The highest BCUT2D eigenvalue weighted by atomic mass is 32.1. The molecule has 1 heterocycles. The molecule has 0 aliphatic heterocycles. The van der Waals surface area contributed by atoms with Gasteiger partial charge in [0.2, 0.25) is 0 Å². The van der Waals surface area contributed by atoms with Gasteiger partial charge in [0.05, 0.1) is 10.7 Å². The van der Waals surface area contributed by atoms with Crippen LogP contribution >= 0.6 is 23.6 Å². The number of thiocarbonyl (C=S) groups is 1. The number of thiazole rings is 1. The van der Waals surface area contributed by atoms with Gasteiger partial charge >= 0.3 is 0 Å². The van der Waals surface area contributed by atoms with Crippen molar-refractivity contribution in [1.29, 1.82) is 0 Å². The quantitative estimate of drug-likeness (QED) is 0.827. The van der Waals surface area contributed by atoms with Gasteiger partial charge in [0, 0.05) is 24.0 Å². The monoisotopic (exact) mass is 291 g/mol. The third-order valence-corrected chi connectivity index (χ3v) is 3.90. The van der Waals surface area contributed by atoms with Crippen molar-refractivity contribution >= 4 is 39.4 Å². The number of nitrogens with zero attached hydrogens (tertiary/aromatic N) is 2. The summed E-state index contributed by atoms with van der Waals surface area (Å²) in [7, 11) is 0. The van der Waals surface area contributed by atoms with E-state index in [1.807, 2.05) is 18.2 Å². The average molecular weight is 291 g/mol. The number of aromatic nitrogens is 1. The minimum atomic E-state index is 0.535. The van der Waals surface area contributed by atoms with Gasteiger partial charge in [-0.1, -0.05) is 37.3 Å². The van der Waals surface area contributed by atoms with Gasteiger partial charge in [-0.15, -0.1) is 11.3 Å². The maximum absolute atomic E-state index is 5.62. The molecule has 100 valence electrons. The molecule has 0 spiro atoms. The average Bonchev–Trinajstić information content (AvgIpc) is 2.89. The number of para-hydroxylation sites is 1. The van der Waals surface area contributed by atoms with E-state index < -0.39 is 0 Å². The molecule has 0 fully saturated rings. The molecule has 19 heavy (non-hydrogen) atoms. The van der Waals surface area contributed by atoms with Gasteiger partial charge in [0.1, 0.15) is 0 Å². The third-order valence-electron chi connectivity index (χ3n) is 2.78. The van der Waals surface area contributed by atoms with E-state index in [1.165, 1.54) is 0 Å². The van der Waals surface area contributed by atoms with Crippen molar-refractivity contribution in [3.05, 3.63) is 41.4 Å². The lowest BCUT2D eigenvalue weighted by molar-refractivity contribution is 0.946. The van der Waals surface area contributed by atoms with E-state index in [0.29, 0.717) is 11.4 Å². The van der Waals surface area contributed by atoms with Crippen LogP contribution in [0.5, 0.6) is 0 Å². The summed E-state index contributed by atoms with van der Waals surface area (Å²) >= 11 is 6.64. The van der Waals surface area contributed by atoms with Crippen LogP contribution in [0.1, 0.15) is 19.0 Å². The Bertz CT molecular complexity index is 537. The van der Waals surface area contributed by atoms with Gasteiger partial charge in [0.25, 0.3) is 0 Å². The normalized spacial score (nSPS) is 10.4. The molecular formula is C14H17N3S2. The molecule has 0 radical (unpaired) electrons. The Balaban J connectivity index is 2.25. The molecule has 0 aliphatic rings. The maximum atomic E-state index is 5.62. The first-order valence-corrected chi connectivity index (χ1v) is 7.54. The lowest BCUT2D eigenvalue weighted by Crippen LogP contribution is -2.23. The van der Waals surface area contributed by atoms with Crippen LogP contribution in [0, 0.1) is 0 Å². The van der Waals surface area contributed by atoms with Crippen molar-refractivity contribution in [3.8, 4) is 0 Å². The molecule has 2 aromatic rings. The van der Waals surface area contributed by atoms with Gasteiger partial charge in [-0.3, -0.25) is 0 Å². The van der Waals surface area contributed by atoms with E-state index in [-0.39, 0.29) is 0 Å². The van der Waals surface area contributed by atoms with Crippen LogP contribution in [-0.2, 0) is 6.42 Å². The molecule has 2 N–H and O–H groups in total. The van der Waals surface area contributed by atoms with Gasteiger partial charge < -0.3 is 10.6 Å². The number of nitrogens with two attached hydrogens (primary N) is 1. The molecule has 0 saturated carbocycles. The third kappa shape index (κ3) is 3.75. The topological polar surface area (TPSA) is 42.1 Å². The maximum Gasteiger partial charge on any atom is 0.190 e. The van der Waals surface area contributed by atoms with Crippen molar-refractivity contribution < 1.29 is 0 Å². The number of anilines is 2. The second-order valence-electron chi connectivity index (χ2n) is 4.18. The Hall–Kier alpha value is -1.46. The lowest BCUT2D eigenvalue weighted by Gasteiger charge is -2.21. The van der Waals surface area contributed by atoms with Gasteiger partial charge in [-0.05, 0) is 18.6 Å². The predicted molar refractivity (Wildman–Crippen MR) is 86.3 cm³/mol. The summed E-state index contributed by atoms with van der Waals surface area (Å²) in [5.74, 6) is 0. The molecule has 0 aliphatic carbocycles. The molecule has 0 saturated heterocycles. The molecular weight excluding hydrogens is 274 g/mol. The Morgan fingerprint density at radius 3 is 2.68 bits per heavy atom. The first-order chi connectivity index (χ1) is 9.20. The van der Waals surface area contributed by atoms with Crippen molar-refractivity contribution in [3.63, 3.8) is 0 Å². The van der Waals surface area contributed by atoms with Crippen LogP contribution in [0.15, 0.2) is 35.7 Å². The highest BCUT2D eigenvalue weighted by Crippen LogP contribution is 2.28. The molecule has 1 aromatic carbocycles. The molecule has 0 unspecified atom stereocenters. The summed E-state index contributed by atoms with van der Waals surface area (Å²) in [6.45, 7) is 2.87. The SMILES string of the molecule is CCc1csc(N(CCC(N)=S)c2ccccc2)n1. The number of rotatable bonds is 6. The summed E-state index contributed by atoms with van der Waals surface area (Å²) in [6.07, 6.45) is 1.64. The Labute approximate surface area is 123 Å². The van der Waals surface area contributed by atoms with E-state index in [1.54, 1.807) is 11.3 Å². The van der Waals surface area contributed by atoms with Gasteiger partial charge in [-0.25, -0.2) is 4.98 Å². The minimum Gasteiger partial charge on any atom is -0.393 e. The molecule has 0 amide bonds.